The molecule has 0 atom stereocenters. The Morgan fingerprint density at radius 2 is 2.17 bits per heavy atom. The Kier molecular flexibility index (Phi) is 4.33. The van der Waals surface area contributed by atoms with Crippen LogP contribution in [0.1, 0.15) is 13.8 Å². The van der Waals surface area contributed by atoms with E-state index in [4.69, 9.17) is 9.47 Å². The third kappa shape index (κ3) is 3.37. The smallest absolute Gasteiger partial charge is 0.316 e. The van der Waals surface area contributed by atoms with Gasteiger partial charge in [-0.15, -0.1) is 10.2 Å². The molecule has 120 valence electrons. The van der Waals surface area contributed by atoms with Crippen LogP contribution >= 0.6 is 11.8 Å². The maximum atomic E-state index is 11.6. The predicted octanol–water partition coefficient (Wildman–Crippen LogP) is 2.56. The van der Waals surface area contributed by atoms with Crippen molar-refractivity contribution < 1.29 is 14.3 Å². The second-order valence-electron chi connectivity index (χ2n) is 5.16. The molecule has 0 saturated carbocycles. The molecule has 7 nitrogen and oxygen atoms in total. The van der Waals surface area contributed by atoms with Gasteiger partial charge in [-0.3, -0.25) is 4.79 Å². The number of carbonyl (C=O) groups excluding carboxylic acids is 1. The number of H-pyrrole nitrogens is 1. The minimum absolute atomic E-state index is 0.131. The number of hydrogen-bond donors (Lipinski definition) is 1. The summed E-state index contributed by atoms with van der Waals surface area (Å²) in [5.41, 5.74) is 2.21. The molecule has 3 rings (SSSR count). The van der Waals surface area contributed by atoms with Crippen LogP contribution in [0, 0.1) is 0 Å². The highest BCUT2D eigenvalue weighted by molar-refractivity contribution is 7.99. The quantitative estimate of drug-likeness (QED) is 0.567. The maximum absolute atomic E-state index is 11.6. The van der Waals surface area contributed by atoms with Crippen molar-refractivity contribution in [3.05, 3.63) is 18.2 Å². The molecular weight excluding hydrogens is 316 g/mol. The zero-order chi connectivity index (χ0) is 16.4. The topological polar surface area (TPSA) is 90.0 Å². The monoisotopic (exact) mass is 332 g/mol. The third-order valence-electron chi connectivity index (χ3n) is 3.09. The van der Waals surface area contributed by atoms with E-state index < -0.39 is 0 Å². The van der Waals surface area contributed by atoms with Crippen molar-refractivity contribution in [1.82, 2.24) is 20.2 Å². The molecule has 23 heavy (non-hydrogen) atoms. The van der Waals surface area contributed by atoms with E-state index in [-0.39, 0.29) is 17.8 Å². The van der Waals surface area contributed by atoms with Gasteiger partial charge in [0.2, 0.25) is 5.16 Å². The summed E-state index contributed by atoms with van der Waals surface area (Å²) in [7, 11) is 1.62. The summed E-state index contributed by atoms with van der Waals surface area (Å²) in [6.45, 7) is 3.62. The molecule has 0 fully saturated rings. The second-order valence-corrected chi connectivity index (χ2v) is 6.10. The predicted molar refractivity (Wildman–Crippen MR) is 87.7 cm³/mol. The van der Waals surface area contributed by atoms with Gasteiger partial charge in [-0.25, -0.2) is 4.98 Å². The molecular formula is C15H16N4O3S. The maximum Gasteiger partial charge on any atom is 0.316 e. The molecule has 0 spiro atoms. The fraction of sp³-hybridized carbons (Fsp3) is 0.333. The fourth-order valence-corrected chi connectivity index (χ4v) is 2.71. The first kappa shape index (κ1) is 15.5. The number of fused-ring (bicyclic) bond motifs is 3. The van der Waals surface area contributed by atoms with Gasteiger partial charge in [0.05, 0.1) is 19.0 Å². The van der Waals surface area contributed by atoms with E-state index >= 15 is 0 Å². The van der Waals surface area contributed by atoms with E-state index in [9.17, 15) is 4.79 Å². The number of carbonyl (C=O) groups is 1. The van der Waals surface area contributed by atoms with Crippen LogP contribution in [-0.2, 0) is 9.53 Å². The molecule has 2 heterocycles. The highest BCUT2D eigenvalue weighted by atomic mass is 32.2. The number of methoxy groups -OCH3 is 1. The van der Waals surface area contributed by atoms with Gasteiger partial charge in [-0.1, -0.05) is 11.8 Å². The lowest BCUT2D eigenvalue weighted by molar-refractivity contribution is -0.144. The summed E-state index contributed by atoms with van der Waals surface area (Å²) < 4.78 is 10.3. The molecule has 0 bridgehead atoms. The minimum atomic E-state index is -0.296. The van der Waals surface area contributed by atoms with E-state index in [1.54, 1.807) is 7.11 Å². The van der Waals surface area contributed by atoms with Crippen LogP contribution in [0.4, 0.5) is 0 Å². The number of benzene rings is 1. The average molecular weight is 332 g/mol. The van der Waals surface area contributed by atoms with E-state index in [1.807, 2.05) is 32.0 Å². The summed E-state index contributed by atoms with van der Waals surface area (Å²) >= 11 is 1.20. The molecule has 0 aliphatic carbocycles. The molecule has 0 aliphatic rings. The van der Waals surface area contributed by atoms with Crippen molar-refractivity contribution in [3.63, 3.8) is 0 Å². The van der Waals surface area contributed by atoms with Crippen LogP contribution < -0.4 is 4.74 Å². The molecule has 1 N–H and O–H groups in total. The van der Waals surface area contributed by atoms with Crippen molar-refractivity contribution in [3.8, 4) is 5.75 Å². The molecule has 0 unspecified atom stereocenters. The molecule has 0 radical (unpaired) electrons. The zero-order valence-corrected chi connectivity index (χ0v) is 13.8. The number of thioether (sulfide) groups is 1. The first-order valence-corrected chi connectivity index (χ1v) is 8.08. The summed E-state index contributed by atoms with van der Waals surface area (Å²) in [6.07, 6.45) is -0.131. The largest absolute Gasteiger partial charge is 0.497 e. The average Bonchev–Trinajstić information content (AvgIpc) is 2.89. The highest BCUT2D eigenvalue weighted by Crippen LogP contribution is 2.27. The normalized spacial score (nSPS) is 11.3. The van der Waals surface area contributed by atoms with Crippen molar-refractivity contribution >= 4 is 39.8 Å². The van der Waals surface area contributed by atoms with Gasteiger partial charge >= 0.3 is 5.97 Å². The SMILES string of the molecule is COc1ccc2[nH]c3nc(SCC(=O)OC(C)C)nnc3c2c1. The lowest BCUT2D eigenvalue weighted by Gasteiger charge is -2.06. The Morgan fingerprint density at radius 3 is 2.91 bits per heavy atom. The molecule has 0 saturated heterocycles. The fourth-order valence-electron chi connectivity index (χ4n) is 2.14. The van der Waals surface area contributed by atoms with Gasteiger partial charge < -0.3 is 14.5 Å². The summed E-state index contributed by atoms with van der Waals surface area (Å²) in [5.74, 6) is 0.601. The summed E-state index contributed by atoms with van der Waals surface area (Å²) in [6, 6.07) is 5.66. The number of nitrogens with zero attached hydrogens (tertiary/aromatic N) is 3. The third-order valence-corrected chi connectivity index (χ3v) is 3.90. The van der Waals surface area contributed by atoms with Crippen molar-refractivity contribution in [1.29, 1.82) is 0 Å². The Labute approximate surface area is 136 Å². The van der Waals surface area contributed by atoms with Crippen LogP contribution in [0.3, 0.4) is 0 Å². The number of esters is 1. The van der Waals surface area contributed by atoms with Gasteiger partial charge in [0.1, 0.15) is 11.3 Å². The molecule has 0 amide bonds. The van der Waals surface area contributed by atoms with Gasteiger partial charge in [0, 0.05) is 10.9 Å². The molecule has 2 aromatic heterocycles. The Balaban J connectivity index is 1.84. The van der Waals surface area contributed by atoms with E-state index in [0.717, 1.165) is 16.7 Å². The van der Waals surface area contributed by atoms with Gasteiger partial charge in [-0.05, 0) is 32.0 Å². The van der Waals surface area contributed by atoms with E-state index in [1.165, 1.54) is 11.8 Å². The number of aromatic amines is 1. The summed E-state index contributed by atoms with van der Waals surface area (Å²) in [5, 5.41) is 9.61. The Morgan fingerprint density at radius 1 is 1.35 bits per heavy atom. The zero-order valence-electron chi connectivity index (χ0n) is 13.0. The summed E-state index contributed by atoms with van der Waals surface area (Å²) in [4.78, 5) is 19.2. The van der Waals surface area contributed by atoms with E-state index in [0.29, 0.717) is 16.3 Å². The first-order chi connectivity index (χ1) is 11.1. The number of hydrogen-bond acceptors (Lipinski definition) is 7. The number of ether oxygens (including phenoxy) is 2. The van der Waals surface area contributed by atoms with Gasteiger partial charge in [0.25, 0.3) is 0 Å². The number of aromatic nitrogens is 4. The Hall–Kier alpha value is -2.35. The van der Waals surface area contributed by atoms with Crippen molar-refractivity contribution in [2.75, 3.05) is 12.9 Å². The van der Waals surface area contributed by atoms with Crippen molar-refractivity contribution in [2.24, 2.45) is 0 Å². The number of rotatable bonds is 5. The van der Waals surface area contributed by atoms with Crippen LogP contribution in [0.5, 0.6) is 5.75 Å². The molecule has 0 aliphatic heterocycles. The standard InChI is InChI=1S/C15H16N4O3S/c1-8(2)22-12(20)7-23-15-17-14-13(18-19-15)10-6-9(21-3)4-5-11(10)16-14/h4-6,8H,7H2,1-3H3,(H,16,17,19). The van der Waals surface area contributed by atoms with Crippen LogP contribution in [0.15, 0.2) is 23.4 Å². The van der Waals surface area contributed by atoms with Crippen LogP contribution in [0.25, 0.3) is 22.1 Å². The van der Waals surface area contributed by atoms with Gasteiger partial charge in [-0.2, -0.15) is 0 Å². The molecule has 1 aromatic carbocycles. The first-order valence-electron chi connectivity index (χ1n) is 7.09. The molecule has 3 aromatic rings. The van der Waals surface area contributed by atoms with E-state index in [2.05, 4.69) is 20.2 Å². The lowest BCUT2D eigenvalue weighted by Crippen LogP contribution is -2.13. The van der Waals surface area contributed by atoms with Gasteiger partial charge in [0.15, 0.2) is 5.65 Å². The highest BCUT2D eigenvalue weighted by Gasteiger charge is 2.12. The Bertz CT molecular complexity index is 862. The van der Waals surface area contributed by atoms with Crippen LogP contribution in [-0.4, -0.2) is 45.1 Å². The van der Waals surface area contributed by atoms with Crippen LogP contribution in [0.2, 0.25) is 0 Å². The molecule has 8 heteroatoms. The minimum Gasteiger partial charge on any atom is -0.497 e. The second kappa shape index (κ2) is 6.41. The lowest BCUT2D eigenvalue weighted by atomic mass is 10.2. The number of nitrogens with one attached hydrogen (secondary N) is 1. The van der Waals surface area contributed by atoms with Crippen molar-refractivity contribution in [2.45, 2.75) is 25.1 Å².